The van der Waals surface area contributed by atoms with E-state index >= 15 is 0 Å². The van der Waals surface area contributed by atoms with Crippen molar-refractivity contribution in [3.05, 3.63) is 23.8 Å². The number of rotatable bonds is 3. The summed E-state index contributed by atoms with van der Waals surface area (Å²) in [6.07, 6.45) is 2.69. The maximum absolute atomic E-state index is 8.75. The van der Waals surface area contributed by atoms with Crippen molar-refractivity contribution < 1.29 is 4.74 Å². The van der Waals surface area contributed by atoms with E-state index in [-0.39, 0.29) is 0 Å². The zero-order valence-electron chi connectivity index (χ0n) is 10.6. The molecule has 2 unspecified atom stereocenters. The van der Waals surface area contributed by atoms with E-state index in [0.717, 1.165) is 30.7 Å². The minimum atomic E-state index is 0.309. The van der Waals surface area contributed by atoms with Crippen molar-refractivity contribution in [2.75, 3.05) is 17.7 Å². The third-order valence-electron chi connectivity index (χ3n) is 3.27. The van der Waals surface area contributed by atoms with Crippen molar-refractivity contribution in [1.82, 2.24) is 0 Å². The van der Waals surface area contributed by atoms with Crippen molar-refractivity contribution in [2.24, 2.45) is 0 Å². The second-order valence-corrected chi connectivity index (χ2v) is 4.80. The van der Waals surface area contributed by atoms with Gasteiger partial charge >= 0.3 is 0 Å². The first kappa shape index (κ1) is 12.7. The summed E-state index contributed by atoms with van der Waals surface area (Å²) in [5.74, 6) is 0. The van der Waals surface area contributed by atoms with E-state index in [4.69, 9.17) is 15.7 Å². The first-order valence-electron chi connectivity index (χ1n) is 6.32. The van der Waals surface area contributed by atoms with Crippen molar-refractivity contribution >= 4 is 11.4 Å². The Labute approximate surface area is 108 Å². The summed E-state index contributed by atoms with van der Waals surface area (Å²) in [7, 11) is 0. The van der Waals surface area contributed by atoms with E-state index in [9.17, 15) is 0 Å². The van der Waals surface area contributed by atoms with Crippen LogP contribution in [0.5, 0.6) is 0 Å². The molecule has 1 fully saturated rings. The topological polar surface area (TPSA) is 71.1 Å². The number of nitrogen functional groups attached to an aromatic ring is 1. The first-order chi connectivity index (χ1) is 8.69. The Hall–Kier alpha value is -1.73. The fraction of sp³-hybridized carbons (Fsp3) is 0.500. The molecule has 1 aromatic carbocycles. The molecule has 3 N–H and O–H groups in total. The second-order valence-electron chi connectivity index (χ2n) is 4.80. The summed E-state index contributed by atoms with van der Waals surface area (Å²) in [6.45, 7) is 2.90. The molecule has 1 aromatic rings. The minimum absolute atomic E-state index is 0.309. The fourth-order valence-electron chi connectivity index (χ4n) is 2.30. The van der Waals surface area contributed by atoms with E-state index in [1.807, 2.05) is 18.2 Å². The molecule has 2 atom stereocenters. The van der Waals surface area contributed by atoms with Gasteiger partial charge in [-0.3, -0.25) is 0 Å². The third-order valence-corrected chi connectivity index (χ3v) is 3.27. The number of nitrogens with zero attached hydrogens (tertiary/aromatic N) is 1. The van der Waals surface area contributed by atoms with Crippen LogP contribution in [0.1, 0.15) is 25.3 Å². The van der Waals surface area contributed by atoms with Gasteiger partial charge in [0.15, 0.2) is 0 Å². The van der Waals surface area contributed by atoms with Gasteiger partial charge in [0.25, 0.3) is 0 Å². The number of ether oxygens (including phenoxy) is 1. The molecular formula is C14H19N3O. The summed E-state index contributed by atoms with van der Waals surface area (Å²) in [5.41, 5.74) is 8.44. The highest BCUT2D eigenvalue weighted by Crippen LogP contribution is 2.22. The molecule has 1 aliphatic heterocycles. The summed E-state index contributed by atoms with van der Waals surface area (Å²) < 4.78 is 5.52. The molecule has 0 radical (unpaired) electrons. The van der Waals surface area contributed by atoms with Crippen LogP contribution in [-0.4, -0.2) is 18.8 Å². The van der Waals surface area contributed by atoms with Crippen LogP contribution in [0.4, 0.5) is 11.4 Å². The Morgan fingerprint density at radius 2 is 2.39 bits per heavy atom. The molecule has 1 heterocycles. The van der Waals surface area contributed by atoms with Gasteiger partial charge in [0.1, 0.15) is 0 Å². The molecule has 18 heavy (non-hydrogen) atoms. The van der Waals surface area contributed by atoms with Crippen LogP contribution in [0.2, 0.25) is 0 Å². The van der Waals surface area contributed by atoms with E-state index < -0.39 is 0 Å². The Morgan fingerprint density at radius 3 is 3.11 bits per heavy atom. The summed E-state index contributed by atoms with van der Waals surface area (Å²) in [6, 6.07) is 8.37. The normalized spacial score (nSPS) is 23.3. The number of hydrogen-bond acceptors (Lipinski definition) is 4. The lowest BCUT2D eigenvalue weighted by atomic mass is 10.0. The predicted octanol–water partition coefficient (Wildman–Crippen LogP) is 2.31. The van der Waals surface area contributed by atoms with Crippen LogP contribution >= 0.6 is 0 Å². The van der Waals surface area contributed by atoms with Crippen LogP contribution in [0.25, 0.3) is 0 Å². The van der Waals surface area contributed by atoms with Crippen molar-refractivity contribution in [2.45, 2.75) is 38.3 Å². The Kier molecular flexibility index (Phi) is 4.06. The Bertz CT molecular complexity index is 453. The molecule has 0 amide bonds. The highest BCUT2D eigenvalue weighted by Gasteiger charge is 2.19. The van der Waals surface area contributed by atoms with Gasteiger partial charge in [0.2, 0.25) is 0 Å². The molecule has 4 heteroatoms. The first-order valence-corrected chi connectivity index (χ1v) is 6.32. The molecule has 96 valence electrons. The van der Waals surface area contributed by atoms with Crippen LogP contribution in [0.3, 0.4) is 0 Å². The molecule has 0 spiro atoms. The molecule has 1 aliphatic rings. The van der Waals surface area contributed by atoms with Crippen LogP contribution < -0.4 is 11.1 Å². The SMILES string of the molecule is CC1CC(Nc2ccc(N)c(CC#N)c2)CCO1. The van der Waals surface area contributed by atoms with Gasteiger partial charge in [-0.05, 0) is 43.5 Å². The highest BCUT2D eigenvalue weighted by atomic mass is 16.5. The number of benzene rings is 1. The highest BCUT2D eigenvalue weighted by molar-refractivity contribution is 5.58. The lowest BCUT2D eigenvalue weighted by molar-refractivity contribution is 0.0232. The zero-order chi connectivity index (χ0) is 13.0. The lowest BCUT2D eigenvalue weighted by Crippen LogP contribution is -2.32. The number of hydrogen-bond donors (Lipinski definition) is 2. The number of nitrogens with one attached hydrogen (secondary N) is 1. The van der Waals surface area contributed by atoms with Gasteiger partial charge < -0.3 is 15.8 Å². The number of anilines is 2. The minimum Gasteiger partial charge on any atom is -0.398 e. The quantitative estimate of drug-likeness (QED) is 0.802. The van der Waals surface area contributed by atoms with E-state index in [2.05, 4.69) is 18.3 Å². The van der Waals surface area contributed by atoms with Crippen LogP contribution in [0, 0.1) is 11.3 Å². The van der Waals surface area contributed by atoms with Gasteiger partial charge in [-0.2, -0.15) is 5.26 Å². The smallest absolute Gasteiger partial charge is 0.0670 e. The van der Waals surface area contributed by atoms with E-state index in [1.54, 1.807) is 0 Å². The molecule has 4 nitrogen and oxygen atoms in total. The van der Waals surface area contributed by atoms with Gasteiger partial charge in [-0.1, -0.05) is 0 Å². The molecular weight excluding hydrogens is 226 g/mol. The van der Waals surface area contributed by atoms with Gasteiger partial charge in [0.05, 0.1) is 18.6 Å². The largest absolute Gasteiger partial charge is 0.398 e. The molecule has 0 aliphatic carbocycles. The average Bonchev–Trinajstić information content (AvgIpc) is 2.34. The monoisotopic (exact) mass is 245 g/mol. The summed E-state index contributed by atoms with van der Waals surface area (Å²) >= 11 is 0. The van der Waals surface area contributed by atoms with Crippen molar-refractivity contribution in [1.29, 1.82) is 5.26 Å². The van der Waals surface area contributed by atoms with Crippen LogP contribution in [0.15, 0.2) is 18.2 Å². The number of nitriles is 1. The third kappa shape index (κ3) is 3.14. The molecule has 2 rings (SSSR count). The number of nitrogens with two attached hydrogens (primary N) is 1. The lowest BCUT2D eigenvalue weighted by Gasteiger charge is -2.28. The average molecular weight is 245 g/mol. The molecule has 0 bridgehead atoms. The Morgan fingerprint density at radius 1 is 1.56 bits per heavy atom. The van der Waals surface area contributed by atoms with E-state index in [1.165, 1.54) is 0 Å². The summed E-state index contributed by atoms with van der Waals surface area (Å²) in [4.78, 5) is 0. The predicted molar refractivity (Wildman–Crippen MR) is 72.2 cm³/mol. The van der Waals surface area contributed by atoms with E-state index in [0.29, 0.717) is 24.3 Å². The van der Waals surface area contributed by atoms with Crippen molar-refractivity contribution in [3.63, 3.8) is 0 Å². The second kappa shape index (κ2) is 5.74. The molecule has 1 saturated heterocycles. The maximum Gasteiger partial charge on any atom is 0.0670 e. The van der Waals surface area contributed by atoms with Gasteiger partial charge in [-0.15, -0.1) is 0 Å². The molecule has 0 aromatic heterocycles. The standard InChI is InChI=1S/C14H19N3O/c1-10-8-13(5-7-18-10)17-12-2-3-14(16)11(9-12)4-6-15/h2-3,9-10,13,17H,4-5,7-8,16H2,1H3. The zero-order valence-corrected chi connectivity index (χ0v) is 10.6. The Balaban J connectivity index is 2.05. The van der Waals surface area contributed by atoms with Crippen molar-refractivity contribution in [3.8, 4) is 6.07 Å². The maximum atomic E-state index is 8.75. The van der Waals surface area contributed by atoms with Crippen LogP contribution in [-0.2, 0) is 11.2 Å². The molecule has 0 saturated carbocycles. The van der Waals surface area contributed by atoms with Gasteiger partial charge in [0, 0.05) is 24.0 Å². The fourth-order valence-corrected chi connectivity index (χ4v) is 2.30. The summed E-state index contributed by atoms with van der Waals surface area (Å²) in [5, 5.41) is 12.2. The van der Waals surface area contributed by atoms with Gasteiger partial charge in [-0.25, -0.2) is 0 Å².